The molecule has 3 heteroatoms. The number of amides is 1. The molecular weight excluding hydrogens is 212 g/mol. The molecule has 3 nitrogen and oxygen atoms in total. The van der Waals surface area contributed by atoms with Crippen molar-refractivity contribution < 1.29 is 9.37 Å². The maximum absolute atomic E-state index is 11.3. The lowest BCUT2D eigenvalue weighted by atomic mass is 9.89. The molecule has 1 aromatic rings. The molecule has 0 spiro atoms. The van der Waals surface area contributed by atoms with Crippen LogP contribution in [0.4, 0.5) is 5.69 Å². The van der Waals surface area contributed by atoms with E-state index in [4.69, 9.17) is 0 Å². The fourth-order valence-corrected chi connectivity index (χ4v) is 2.77. The second kappa shape index (κ2) is 3.99. The van der Waals surface area contributed by atoms with Crippen LogP contribution in [0.25, 0.3) is 0 Å². The lowest BCUT2D eigenvalue weighted by molar-refractivity contribution is -0.530. The second-order valence-corrected chi connectivity index (χ2v) is 5.03. The van der Waals surface area contributed by atoms with Crippen LogP contribution in [0.3, 0.4) is 0 Å². The molecule has 2 aliphatic rings. The van der Waals surface area contributed by atoms with E-state index in [1.54, 1.807) is 0 Å². The lowest BCUT2D eigenvalue weighted by Crippen LogP contribution is -2.23. The molecule has 0 atom stereocenters. The number of hydrogen-bond donors (Lipinski definition) is 1. The van der Waals surface area contributed by atoms with Crippen molar-refractivity contribution in [2.45, 2.75) is 25.2 Å². The maximum atomic E-state index is 11.3. The van der Waals surface area contributed by atoms with Gasteiger partial charge >= 0.3 is 0 Å². The summed E-state index contributed by atoms with van der Waals surface area (Å²) in [6.07, 6.45) is 2.88. The van der Waals surface area contributed by atoms with Crippen molar-refractivity contribution in [3.05, 3.63) is 29.3 Å². The van der Waals surface area contributed by atoms with E-state index in [0.717, 1.165) is 24.3 Å². The molecule has 17 heavy (non-hydrogen) atoms. The maximum Gasteiger partial charge on any atom is 0.228 e. The Morgan fingerprint density at radius 3 is 2.82 bits per heavy atom. The summed E-state index contributed by atoms with van der Waals surface area (Å²) in [7, 11) is 0. The zero-order valence-corrected chi connectivity index (χ0v) is 9.91. The van der Waals surface area contributed by atoms with Crippen molar-refractivity contribution in [2.75, 3.05) is 18.4 Å². The van der Waals surface area contributed by atoms with Crippen LogP contribution in [0.2, 0.25) is 0 Å². The molecule has 1 N–H and O–H groups in total. The molecule has 0 aliphatic carbocycles. The molecular formula is C14H17N2O+. The van der Waals surface area contributed by atoms with Gasteiger partial charge in [-0.25, -0.2) is 4.58 Å². The van der Waals surface area contributed by atoms with Crippen molar-refractivity contribution in [3.63, 3.8) is 0 Å². The predicted octanol–water partition coefficient (Wildman–Crippen LogP) is 1.77. The second-order valence-electron chi connectivity index (χ2n) is 5.03. The van der Waals surface area contributed by atoms with E-state index >= 15 is 0 Å². The largest absolute Gasteiger partial charge is 0.326 e. The number of nitrogens with zero attached hydrogens (tertiary/aromatic N) is 1. The summed E-state index contributed by atoms with van der Waals surface area (Å²) in [5.74, 6) is 0.749. The number of carbonyl (C=O) groups is 1. The van der Waals surface area contributed by atoms with Gasteiger partial charge in [0.15, 0.2) is 0 Å². The van der Waals surface area contributed by atoms with Gasteiger partial charge in [0.1, 0.15) is 19.8 Å². The summed E-state index contributed by atoms with van der Waals surface area (Å²) in [5.41, 5.74) is 3.53. The third kappa shape index (κ3) is 1.97. The van der Waals surface area contributed by atoms with Crippen LogP contribution in [0.1, 0.15) is 29.9 Å². The fourth-order valence-electron chi connectivity index (χ4n) is 2.77. The summed E-state index contributed by atoms with van der Waals surface area (Å²) < 4.78 is 2.13. The highest BCUT2D eigenvalue weighted by Crippen LogP contribution is 2.31. The standard InChI is InChI=1S/C14H16N2O/c1-16-6-4-10(5-7-16)11-2-3-13-12(8-11)9-14(17)15-13/h2-3,8,10H,1,4-7,9H2/p+1. The highest BCUT2D eigenvalue weighted by Gasteiger charge is 2.24. The third-order valence-corrected chi connectivity index (χ3v) is 3.81. The van der Waals surface area contributed by atoms with Crippen LogP contribution >= 0.6 is 0 Å². The average molecular weight is 229 g/mol. The molecule has 0 saturated carbocycles. The van der Waals surface area contributed by atoms with E-state index in [2.05, 4.69) is 28.7 Å². The van der Waals surface area contributed by atoms with Crippen LogP contribution in [0.5, 0.6) is 0 Å². The van der Waals surface area contributed by atoms with Crippen LogP contribution in [0, 0.1) is 0 Å². The molecule has 1 fully saturated rings. The number of nitrogens with one attached hydrogen (secondary N) is 1. The van der Waals surface area contributed by atoms with Gasteiger partial charge in [-0.05, 0) is 23.1 Å². The van der Waals surface area contributed by atoms with E-state index in [1.165, 1.54) is 18.4 Å². The number of rotatable bonds is 1. The lowest BCUT2D eigenvalue weighted by Gasteiger charge is -2.20. The number of fused-ring (bicyclic) bond motifs is 1. The highest BCUT2D eigenvalue weighted by molar-refractivity contribution is 5.99. The van der Waals surface area contributed by atoms with Crippen molar-refractivity contribution >= 4 is 18.3 Å². The third-order valence-electron chi connectivity index (χ3n) is 3.81. The Bertz CT molecular complexity index is 483. The number of carbonyl (C=O) groups excluding carboxylic acids is 1. The van der Waals surface area contributed by atoms with Gasteiger partial charge in [0.05, 0.1) is 6.42 Å². The van der Waals surface area contributed by atoms with Gasteiger partial charge in [-0.15, -0.1) is 0 Å². The Morgan fingerprint density at radius 2 is 2.06 bits per heavy atom. The van der Waals surface area contributed by atoms with E-state index in [0.29, 0.717) is 12.3 Å². The number of hydrogen-bond acceptors (Lipinski definition) is 1. The molecule has 3 rings (SSSR count). The summed E-state index contributed by atoms with van der Waals surface area (Å²) in [6, 6.07) is 6.41. The predicted molar refractivity (Wildman–Crippen MR) is 67.9 cm³/mol. The van der Waals surface area contributed by atoms with Gasteiger partial charge in [0.2, 0.25) is 5.91 Å². The quantitative estimate of drug-likeness (QED) is 0.731. The van der Waals surface area contributed by atoms with E-state index < -0.39 is 0 Å². The fraction of sp³-hybridized carbons (Fsp3) is 0.429. The first-order chi connectivity index (χ1) is 8.22. The van der Waals surface area contributed by atoms with Gasteiger partial charge in [0, 0.05) is 18.5 Å². The van der Waals surface area contributed by atoms with Gasteiger partial charge < -0.3 is 5.32 Å². The van der Waals surface area contributed by atoms with Crippen molar-refractivity contribution in [2.24, 2.45) is 0 Å². The molecule has 2 heterocycles. The monoisotopic (exact) mass is 229 g/mol. The zero-order valence-electron chi connectivity index (χ0n) is 9.91. The van der Waals surface area contributed by atoms with Crippen LogP contribution in [-0.2, 0) is 11.2 Å². The SMILES string of the molecule is C=[N+]1CCC(c2ccc3c(c2)CC(=O)N3)CC1. The van der Waals surface area contributed by atoms with Crippen molar-refractivity contribution in [1.29, 1.82) is 0 Å². The number of benzene rings is 1. The molecule has 1 saturated heterocycles. The van der Waals surface area contributed by atoms with Gasteiger partial charge in [-0.3, -0.25) is 4.79 Å². The first-order valence-electron chi connectivity index (χ1n) is 6.20. The Kier molecular flexibility index (Phi) is 2.46. The molecule has 0 bridgehead atoms. The summed E-state index contributed by atoms with van der Waals surface area (Å²) in [5, 5.41) is 2.88. The normalized spacial score (nSPS) is 20.2. The highest BCUT2D eigenvalue weighted by atomic mass is 16.1. The first kappa shape index (κ1) is 10.5. The Morgan fingerprint density at radius 1 is 1.29 bits per heavy atom. The molecule has 1 amide bonds. The average Bonchev–Trinajstić information content (AvgIpc) is 2.69. The molecule has 0 radical (unpaired) electrons. The summed E-state index contributed by atoms with van der Waals surface area (Å²) in [6.45, 7) is 6.11. The van der Waals surface area contributed by atoms with Crippen LogP contribution < -0.4 is 5.32 Å². The number of piperidine rings is 1. The summed E-state index contributed by atoms with van der Waals surface area (Å²) in [4.78, 5) is 11.3. The first-order valence-corrected chi connectivity index (χ1v) is 6.20. The molecule has 0 aromatic heterocycles. The number of anilines is 1. The Hall–Kier alpha value is -1.64. The molecule has 2 aliphatic heterocycles. The minimum absolute atomic E-state index is 0.115. The van der Waals surface area contributed by atoms with E-state index in [9.17, 15) is 4.79 Å². The van der Waals surface area contributed by atoms with Crippen LogP contribution in [-0.4, -0.2) is 30.3 Å². The van der Waals surface area contributed by atoms with Crippen molar-refractivity contribution in [3.8, 4) is 0 Å². The molecule has 1 aromatic carbocycles. The van der Waals surface area contributed by atoms with E-state index in [-0.39, 0.29) is 5.91 Å². The van der Waals surface area contributed by atoms with E-state index in [1.807, 2.05) is 6.07 Å². The minimum atomic E-state index is 0.115. The van der Waals surface area contributed by atoms with Gasteiger partial charge in [-0.1, -0.05) is 12.1 Å². The Labute approximate surface area is 101 Å². The molecule has 0 unspecified atom stereocenters. The smallest absolute Gasteiger partial charge is 0.228 e. The minimum Gasteiger partial charge on any atom is -0.326 e. The van der Waals surface area contributed by atoms with Gasteiger partial charge in [-0.2, -0.15) is 0 Å². The summed E-state index contributed by atoms with van der Waals surface area (Å²) >= 11 is 0. The van der Waals surface area contributed by atoms with Gasteiger partial charge in [0.25, 0.3) is 0 Å². The molecule has 88 valence electrons. The Balaban J connectivity index is 1.83. The van der Waals surface area contributed by atoms with Crippen molar-refractivity contribution in [1.82, 2.24) is 0 Å². The zero-order chi connectivity index (χ0) is 11.8. The van der Waals surface area contributed by atoms with Crippen LogP contribution in [0.15, 0.2) is 18.2 Å². The topological polar surface area (TPSA) is 32.1 Å².